The van der Waals surface area contributed by atoms with Gasteiger partial charge in [0, 0.05) is 19.5 Å². The van der Waals surface area contributed by atoms with E-state index in [1.807, 2.05) is 0 Å². The molecule has 0 aromatic carbocycles. The van der Waals surface area contributed by atoms with E-state index in [0.29, 0.717) is 5.91 Å². The molecule has 2 aliphatic rings. The van der Waals surface area contributed by atoms with E-state index in [0.717, 1.165) is 56.8 Å². The fourth-order valence-corrected chi connectivity index (χ4v) is 3.47. The molecule has 2 saturated heterocycles. The molecule has 3 heteroatoms. The van der Waals surface area contributed by atoms with Crippen LogP contribution in [0.1, 0.15) is 52.4 Å². The van der Waals surface area contributed by atoms with Crippen LogP contribution in [0, 0.1) is 17.8 Å². The first-order valence-electron chi connectivity index (χ1n) is 8.15. The molecular formula is C16H30N2O. The van der Waals surface area contributed by atoms with Gasteiger partial charge in [0.15, 0.2) is 0 Å². The Bertz CT molecular complexity index is 276. The van der Waals surface area contributed by atoms with Gasteiger partial charge in [-0.15, -0.1) is 0 Å². The summed E-state index contributed by atoms with van der Waals surface area (Å²) in [4.78, 5) is 14.3. The van der Waals surface area contributed by atoms with E-state index in [2.05, 4.69) is 24.1 Å². The van der Waals surface area contributed by atoms with Crippen LogP contribution >= 0.6 is 0 Å². The van der Waals surface area contributed by atoms with Gasteiger partial charge in [0.25, 0.3) is 0 Å². The van der Waals surface area contributed by atoms with Crippen LogP contribution in [-0.4, -0.2) is 37.0 Å². The number of piperidine rings is 2. The van der Waals surface area contributed by atoms with Gasteiger partial charge in [-0.3, -0.25) is 4.79 Å². The maximum absolute atomic E-state index is 12.2. The van der Waals surface area contributed by atoms with Crippen LogP contribution in [0.3, 0.4) is 0 Å². The summed E-state index contributed by atoms with van der Waals surface area (Å²) >= 11 is 0. The molecular weight excluding hydrogens is 236 g/mol. The standard InChI is InChI=1S/C16H30N2O/c1-13(2)15-7-11-18(12-8-15)16(19)4-3-14-5-9-17-10-6-14/h13-15,17H,3-12H2,1-2H3. The van der Waals surface area contributed by atoms with Crippen molar-refractivity contribution in [1.29, 1.82) is 0 Å². The second kappa shape index (κ2) is 7.28. The van der Waals surface area contributed by atoms with Crippen LogP contribution in [0.2, 0.25) is 0 Å². The van der Waals surface area contributed by atoms with Gasteiger partial charge in [0.05, 0.1) is 0 Å². The fourth-order valence-electron chi connectivity index (χ4n) is 3.47. The lowest BCUT2D eigenvalue weighted by atomic mass is 9.86. The number of carbonyl (C=O) groups is 1. The largest absolute Gasteiger partial charge is 0.343 e. The maximum Gasteiger partial charge on any atom is 0.222 e. The Kier molecular flexibility index (Phi) is 5.68. The molecule has 0 saturated carbocycles. The van der Waals surface area contributed by atoms with Crippen LogP contribution in [0.4, 0.5) is 0 Å². The summed E-state index contributed by atoms with van der Waals surface area (Å²) < 4.78 is 0. The van der Waals surface area contributed by atoms with Crippen LogP contribution in [-0.2, 0) is 4.79 Å². The van der Waals surface area contributed by atoms with E-state index >= 15 is 0 Å². The second-order valence-corrected chi connectivity index (χ2v) is 6.69. The van der Waals surface area contributed by atoms with Gasteiger partial charge in [-0.2, -0.15) is 0 Å². The molecule has 0 aliphatic carbocycles. The van der Waals surface area contributed by atoms with Crippen molar-refractivity contribution in [1.82, 2.24) is 10.2 Å². The highest BCUT2D eigenvalue weighted by atomic mass is 16.2. The molecule has 0 atom stereocenters. The first-order chi connectivity index (χ1) is 9.16. The number of hydrogen-bond donors (Lipinski definition) is 1. The molecule has 1 N–H and O–H groups in total. The lowest BCUT2D eigenvalue weighted by molar-refractivity contribution is -0.133. The highest BCUT2D eigenvalue weighted by Crippen LogP contribution is 2.25. The third kappa shape index (κ3) is 4.48. The zero-order chi connectivity index (χ0) is 13.7. The number of hydrogen-bond acceptors (Lipinski definition) is 2. The summed E-state index contributed by atoms with van der Waals surface area (Å²) in [6.45, 7) is 8.87. The predicted molar refractivity (Wildman–Crippen MR) is 79.0 cm³/mol. The van der Waals surface area contributed by atoms with Gasteiger partial charge in [0.2, 0.25) is 5.91 Å². The molecule has 2 fully saturated rings. The predicted octanol–water partition coefficient (Wildman–Crippen LogP) is 2.66. The van der Waals surface area contributed by atoms with Crippen molar-refractivity contribution in [2.24, 2.45) is 17.8 Å². The van der Waals surface area contributed by atoms with Crippen molar-refractivity contribution < 1.29 is 4.79 Å². The smallest absolute Gasteiger partial charge is 0.222 e. The van der Waals surface area contributed by atoms with Gasteiger partial charge in [-0.25, -0.2) is 0 Å². The average molecular weight is 266 g/mol. The van der Waals surface area contributed by atoms with Gasteiger partial charge in [0.1, 0.15) is 0 Å². The number of nitrogens with one attached hydrogen (secondary N) is 1. The fraction of sp³-hybridized carbons (Fsp3) is 0.938. The molecule has 110 valence electrons. The van der Waals surface area contributed by atoms with E-state index in [1.54, 1.807) is 0 Å². The van der Waals surface area contributed by atoms with Crippen LogP contribution in [0.25, 0.3) is 0 Å². The van der Waals surface area contributed by atoms with Crippen molar-refractivity contribution in [2.75, 3.05) is 26.2 Å². The molecule has 19 heavy (non-hydrogen) atoms. The minimum absolute atomic E-state index is 0.403. The van der Waals surface area contributed by atoms with Crippen molar-refractivity contribution in [3.05, 3.63) is 0 Å². The Balaban J connectivity index is 1.66. The van der Waals surface area contributed by atoms with E-state index in [-0.39, 0.29) is 0 Å². The first kappa shape index (κ1) is 14.8. The van der Waals surface area contributed by atoms with Crippen molar-refractivity contribution >= 4 is 5.91 Å². The van der Waals surface area contributed by atoms with Crippen LogP contribution < -0.4 is 5.32 Å². The van der Waals surface area contributed by atoms with Crippen LogP contribution in [0.5, 0.6) is 0 Å². The molecule has 0 unspecified atom stereocenters. The number of likely N-dealkylation sites (tertiary alicyclic amines) is 1. The van der Waals surface area contributed by atoms with Crippen molar-refractivity contribution in [3.8, 4) is 0 Å². The summed E-state index contributed by atoms with van der Waals surface area (Å²) in [5.41, 5.74) is 0. The van der Waals surface area contributed by atoms with Gasteiger partial charge in [-0.1, -0.05) is 13.8 Å². The van der Waals surface area contributed by atoms with E-state index in [9.17, 15) is 4.79 Å². The number of nitrogens with zero attached hydrogens (tertiary/aromatic N) is 1. The average Bonchev–Trinajstić information content (AvgIpc) is 2.46. The SMILES string of the molecule is CC(C)C1CCN(C(=O)CCC2CCNCC2)CC1. The van der Waals surface area contributed by atoms with E-state index in [1.165, 1.54) is 25.7 Å². The van der Waals surface area contributed by atoms with E-state index < -0.39 is 0 Å². The third-order valence-electron chi connectivity index (χ3n) is 5.06. The molecule has 0 radical (unpaired) electrons. The molecule has 2 rings (SSSR count). The highest BCUT2D eigenvalue weighted by molar-refractivity contribution is 5.76. The topological polar surface area (TPSA) is 32.3 Å². The Morgan fingerprint density at radius 2 is 1.79 bits per heavy atom. The summed E-state index contributed by atoms with van der Waals surface area (Å²) in [6, 6.07) is 0. The summed E-state index contributed by atoms with van der Waals surface area (Å²) in [5.74, 6) is 2.78. The molecule has 0 spiro atoms. The minimum Gasteiger partial charge on any atom is -0.343 e. The van der Waals surface area contributed by atoms with Crippen LogP contribution in [0.15, 0.2) is 0 Å². The van der Waals surface area contributed by atoms with Gasteiger partial charge in [-0.05, 0) is 62.9 Å². The molecule has 1 amide bonds. The number of carbonyl (C=O) groups excluding carboxylic acids is 1. The lowest BCUT2D eigenvalue weighted by Crippen LogP contribution is -2.39. The van der Waals surface area contributed by atoms with Crippen molar-refractivity contribution in [3.63, 3.8) is 0 Å². The summed E-state index contributed by atoms with van der Waals surface area (Å²) in [6.07, 6.45) is 6.79. The lowest BCUT2D eigenvalue weighted by Gasteiger charge is -2.34. The van der Waals surface area contributed by atoms with Gasteiger partial charge >= 0.3 is 0 Å². The monoisotopic (exact) mass is 266 g/mol. The Labute approximate surface area is 118 Å². The Hall–Kier alpha value is -0.570. The maximum atomic E-state index is 12.2. The number of rotatable bonds is 4. The third-order valence-corrected chi connectivity index (χ3v) is 5.06. The highest BCUT2D eigenvalue weighted by Gasteiger charge is 2.25. The zero-order valence-electron chi connectivity index (χ0n) is 12.7. The molecule has 2 aliphatic heterocycles. The quantitative estimate of drug-likeness (QED) is 0.848. The second-order valence-electron chi connectivity index (χ2n) is 6.69. The molecule has 0 bridgehead atoms. The zero-order valence-corrected chi connectivity index (χ0v) is 12.7. The molecule has 3 nitrogen and oxygen atoms in total. The number of amides is 1. The Morgan fingerprint density at radius 1 is 1.16 bits per heavy atom. The normalized spacial score (nSPS) is 23.0. The van der Waals surface area contributed by atoms with Crippen molar-refractivity contribution in [2.45, 2.75) is 52.4 Å². The molecule has 2 heterocycles. The summed E-state index contributed by atoms with van der Waals surface area (Å²) in [7, 11) is 0. The Morgan fingerprint density at radius 3 is 2.37 bits per heavy atom. The molecule has 0 aromatic heterocycles. The van der Waals surface area contributed by atoms with Gasteiger partial charge < -0.3 is 10.2 Å². The first-order valence-corrected chi connectivity index (χ1v) is 8.15. The van der Waals surface area contributed by atoms with E-state index in [4.69, 9.17) is 0 Å². The molecule has 0 aromatic rings. The summed E-state index contributed by atoms with van der Waals surface area (Å²) in [5, 5.41) is 3.39. The minimum atomic E-state index is 0.403.